The van der Waals surface area contributed by atoms with Crippen molar-refractivity contribution in [3.8, 4) is 0 Å². The van der Waals surface area contributed by atoms with Gasteiger partial charge in [0, 0.05) is 59.2 Å². The van der Waals surface area contributed by atoms with Crippen molar-refractivity contribution < 1.29 is 69.6 Å². The molecule has 0 unspecified atom stereocenters. The Bertz CT molecular complexity index is 717. The van der Waals surface area contributed by atoms with Crippen molar-refractivity contribution in [2.75, 3.05) is 0 Å². The average molecular weight is 1010 g/mol. The summed E-state index contributed by atoms with van der Waals surface area (Å²) in [5.41, 5.74) is 0. The monoisotopic (exact) mass is 1010 g/mol. The summed E-state index contributed by atoms with van der Waals surface area (Å²) in [6.45, 7) is 6.81. The molecule has 0 aliphatic carbocycles. The van der Waals surface area contributed by atoms with Gasteiger partial charge in [-0.25, -0.2) is 0 Å². The fourth-order valence-electron chi connectivity index (χ4n) is 7.94. The number of carbonyl (C=O) groups is 3. The molecule has 0 aliphatic rings. The van der Waals surface area contributed by atoms with Crippen molar-refractivity contribution in [3.05, 3.63) is 0 Å². The Kier molecular flexibility index (Phi) is 70.7. The van der Waals surface area contributed by atoms with E-state index in [1.165, 1.54) is 250 Å². The van der Waals surface area contributed by atoms with E-state index in [4.69, 9.17) is 15.3 Å². The third-order valence-electron chi connectivity index (χ3n) is 12.0. The van der Waals surface area contributed by atoms with Gasteiger partial charge in [0.2, 0.25) is 0 Å². The summed E-state index contributed by atoms with van der Waals surface area (Å²) in [5.74, 6) is -1.96. The van der Waals surface area contributed by atoms with Crippen LogP contribution < -0.4 is 0 Å². The first-order valence-corrected chi connectivity index (χ1v) is 27.0. The fourth-order valence-corrected chi connectivity index (χ4v) is 7.94. The smallest absolute Gasteiger partial charge is 0.303 e. The Labute approximate surface area is 413 Å². The number of hydrogen-bond acceptors (Lipinski definition) is 3. The Balaban J connectivity index is -0.000000396. The maximum Gasteiger partial charge on any atom is 0.303 e. The first-order valence-electron chi connectivity index (χ1n) is 27.0. The van der Waals surface area contributed by atoms with Crippen LogP contribution in [0.1, 0.15) is 329 Å². The van der Waals surface area contributed by atoms with Crippen molar-refractivity contribution in [3.63, 3.8) is 0 Å². The van der Waals surface area contributed by atoms with Gasteiger partial charge in [-0.1, -0.05) is 290 Å². The minimum absolute atomic E-state index is 0. The molecule has 0 heterocycles. The quantitative estimate of drug-likeness (QED) is 0.0524. The summed E-state index contributed by atoms with van der Waals surface area (Å²) in [4.78, 5) is 31.0. The topological polar surface area (TPSA) is 112 Å². The van der Waals surface area contributed by atoms with Crippen LogP contribution in [-0.2, 0) is 14.4 Å². The van der Waals surface area contributed by atoms with E-state index in [0.717, 1.165) is 38.5 Å². The second-order valence-corrected chi connectivity index (χ2v) is 18.3. The van der Waals surface area contributed by atoms with Crippen molar-refractivity contribution in [2.45, 2.75) is 329 Å². The maximum absolute atomic E-state index is 10.3. The molecule has 0 amide bonds. The molecule has 0 atom stereocenters. The van der Waals surface area contributed by atoms with Crippen LogP contribution >= 0.6 is 0 Å². The predicted octanol–water partition coefficient (Wildman–Crippen LogP) is 19.0. The second kappa shape index (κ2) is 64.0. The van der Waals surface area contributed by atoms with Crippen LogP contribution in [0.4, 0.5) is 0 Å². The van der Waals surface area contributed by atoms with Crippen LogP contribution in [0.15, 0.2) is 0 Å². The SMILES string of the molecule is CCCCCCCCCCCCCCCCCC(=O)O.CCCCCCCCCCCCCCCCCC(=O)O.CCCCCCCCCCCCCCCCCC(=O)O.[Gd]. The molecule has 3 N–H and O–H groups in total. The maximum atomic E-state index is 10.3. The molecule has 0 spiro atoms. The summed E-state index contributed by atoms with van der Waals surface area (Å²) >= 11 is 0. The molecule has 6 nitrogen and oxygen atoms in total. The summed E-state index contributed by atoms with van der Waals surface area (Å²) in [7, 11) is 0. The molecule has 0 saturated carbocycles. The second-order valence-electron chi connectivity index (χ2n) is 18.3. The molecule has 0 aromatic carbocycles. The third kappa shape index (κ3) is 77.4. The van der Waals surface area contributed by atoms with E-state index in [1.807, 2.05) is 0 Å². The minimum Gasteiger partial charge on any atom is -0.481 e. The van der Waals surface area contributed by atoms with Crippen molar-refractivity contribution in [2.24, 2.45) is 0 Å². The molecule has 0 aromatic heterocycles. The number of rotatable bonds is 48. The molecular formula is C54H108GdO6. The van der Waals surface area contributed by atoms with Crippen molar-refractivity contribution >= 4 is 17.9 Å². The van der Waals surface area contributed by atoms with Gasteiger partial charge in [-0.05, 0) is 19.3 Å². The van der Waals surface area contributed by atoms with Crippen LogP contribution in [-0.4, -0.2) is 33.2 Å². The van der Waals surface area contributed by atoms with Gasteiger partial charge >= 0.3 is 17.9 Å². The first kappa shape index (κ1) is 67.3. The molecule has 368 valence electrons. The van der Waals surface area contributed by atoms with E-state index in [-0.39, 0.29) is 39.9 Å². The van der Waals surface area contributed by atoms with E-state index < -0.39 is 17.9 Å². The van der Waals surface area contributed by atoms with Crippen molar-refractivity contribution in [1.82, 2.24) is 0 Å². The molecule has 7 heteroatoms. The van der Waals surface area contributed by atoms with Gasteiger partial charge in [0.1, 0.15) is 0 Å². The normalized spacial score (nSPS) is 10.7. The number of aliphatic carboxylic acids is 3. The van der Waals surface area contributed by atoms with Gasteiger partial charge in [-0.2, -0.15) is 0 Å². The van der Waals surface area contributed by atoms with Crippen LogP contribution in [0.2, 0.25) is 0 Å². The summed E-state index contributed by atoms with van der Waals surface area (Å²) in [6.07, 6.45) is 60.6. The molecular weight excluding hydrogens is 902 g/mol. The standard InChI is InChI=1S/3C18H36O2.Gd/c3*1-2-3-4-5-6-7-8-9-10-11-12-13-14-15-16-17-18(19)20;/h3*2-17H2,1H3,(H,19,20);. The van der Waals surface area contributed by atoms with Gasteiger partial charge in [-0.15, -0.1) is 0 Å². The average Bonchev–Trinajstić information content (AvgIpc) is 3.22. The molecule has 0 fully saturated rings. The number of hydrogen-bond donors (Lipinski definition) is 3. The largest absolute Gasteiger partial charge is 0.481 e. The van der Waals surface area contributed by atoms with Crippen LogP contribution in [0.3, 0.4) is 0 Å². The minimum atomic E-state index is -0.653. The van der Waals surface area contributed by atoms with Crippen molar-refractivity contribution in [1.29, 1.82) is 0 Å². The van der Waals surface area contributed by atoms with E-state index in [2.05, 4.69) is 20.8 Å². The van der Waals surface area contributed by atoms with Crippen LogP contribution in [0.25, 0.3) is 0 Å². The molecule has 0 radical (unpaired) electrons. The molecule has 61 heavy (non-hydrogen) atoms. The van der Waals surface area contributed by atoms with Gasteiger partial charge in [0.25, 0.3) is 0 Å². The van der Waals surface area contributed by atoms with E-state index in [1.54, 1.807) is 0 Å². The molecule has 0 bridgehead atoms. The number of unbranched alkanes of at least 4 members (excludes halogenated alkanes) is 42. The van der Waals surface area contributed by atoms with E-state index >= 15 is 0 Å². The zero-order chi connectivity index (χ0) is 44.7. The number of carboxylic acid groups (broad SMARTS) is 3. The van der Waals surface area contributed by atoms with Gasteiger partial charge in [0.05, 0.1) is 0 Å². The molecule has 0 aliphatic heterocycles. The van der Waals surface area contributed by atoms with Crippen LogP contribution in [0, 0.1) is 39.9 Å². The Morgan fingerprint density at radius 3 is 0.410 bits per heavy atom. The first-order chi connectivity index (χ1) is 29.3. The summed E-state index contributed by atoms with van der Waals surface area (Å²) in [5, 5.41) is 25.6. The predicted molar refractivity (Wildman–Crippen MR) is 262 cm³/mol. The number of carboxylic acids is 3. The van der Waals surface area contributed by atoms with Gasteiger partial charge in [-0.3, -0.25) is 14.4 Å². The fraction of sp³-hybridized carbons (Fsp3) is 0.944. The summed E-state index contributed by atoms with van der Waals surface area (Å²) < 4.78 is 0. The molecule has 0 aromatic rings. The zero-order valence-corrected chi connectivity index (χ0v) is 43.6. The van der Waals surface area contributed by atoms with E-state index in [9.17, 15) is 14.4 Å². The summed E-state index contributed by atoms with van der Waals surface area (Å²) in [6, 6.07) is 0. The molecule has 0 saturated heterocycles. The van der Waals surface area contributed by atoms with E-state index in [0.29, 0.717) is 19.3 Å². The Hall–Kier alpha value is -0.265. The Morgan fingerprint density at radius 1 is 0.213 bits per heavy atom. The van der Waals surface area contributed by atoms with Crippen LogP contribution in [0.5, 0.6) is 0 Å². The molecule has 0 rings (SSSR count). The van der Waals surface area contributed by atoms with Gasteiger partial charge < -0.3 is 15.3 Å². The van der Waals surface area contributed by atoms with Gasteiger partial charge in [0.15, 0.2) is 0 Å². The Morgan fingerprint density at radius 2 is 0.311 bits per heavy atom. The third-order valence-corrected chi connectivity index (χ3v) is 12.0. The zero-order valence-electron chi connectivity index (χ0n) is 41.4.